The second-order valence-electron chi connectivity index (χ2n) is 5.78. The third-order valence-electron chi connectivity index (χ3n) is 3.88. The van der Waals surface area contributed by atoms with Crippen LogP contribution in [0.4, 0.5) is 0 Å². The van der Waals surface area contributed by atoms with Crippen molar-refractivity contribution < 1.29 is 9.53 Å². The standard InChI is InChI=1S/C20H19N3O3/c21-11-16-6-7-18(22-12-16)19(24)13-23-9-8-17(10-20(23)25)26-14-15-4-2-1-3-5-15/h1-10,12H,11,13-14,21H2. The first kappa shape index (κ1) is 17.6. The van der Waals surface area contributed by atoms with Crippen LogP contribution in [0.1, 0.15) is 21.6 Å². The maximum absolute atomic E-state index is 12.3. The molecule has 6 heteroatoms. The zero-order valence-electron chi connectivity index (χ0n) is 14.2. The lowest BCUT2D eigenvalue weighted by Gasteiger charge is -2.08. The maximum Gasteiger partial charge on any atom is 0.254 e. The molecule has 0 amide bonds. The van der Waals surface area contributed by atoms with Gasteiger partial charge in [0.2, 0.25) is 5.78 Å². The summed E-state index contributed by atoms with van der Waals surface area (Å²) in [5.41, 5.74) is 7.37. The molecule has 2 N–H and O–H groups in total. The molecule has 132 valence electrons. The highest BCUT2D eigenvalue weighted by molar-refractivity contribution is 5.94. The molecule has 6 nitrogen and oxygen atoms in total. The lowest BCUT2D eigenvalue weighted by Crippen LogP contribution is -2.23. The van der Waals surface area contributed by atoms with Crippen molar-refractivity contribution in [3.05, 3.63) is 94.2 Å². The highest BCUT2D eigenvalue weighted by Gasteiger charge is 2.10. The summed E-state index contributed by atoms with van der Waals surface area (Å²) in [6, 6.07) is 16.1. The number of ether oxygens (including phenoxy) is 1. The summed E-state index contributed by atoms with van der Waals surface area (Å²) in [5, 5.41) is 0. The fraction of sp³-hybridized carbons (Fsp3) is 0.150. The molecule has 2 aromatic heterocycles. The second-order valence-corrected chi connectivity index (χ2v) is 5.78. The molecule has 0 spiro atoms. The largest absolute Gasteiger partial charge is 0.489 e. The van der Waals surface area contributed by atoms with Crippen LogP contribution in [0, 0.1) is 0 Å². The second kappa shape index (κ2) is 8.22. The lowest BCUT2D eigenvalue weighted by atomic mass is 10.2. The molecule has 2 heterocycles. The average molecular weight is 349 g/mol. The smallest absolute Gasteiger partial charge is 0.254 e. The van der Waals surface area contributed by atoms with Gasteiger partial charge in [-0.15, -0.1) is 0 Å². The number of hydrogen-bond acceptors (Lipinski definition) is 5. The van der Waals surface area contributed by atoms with Crippen molar-refractivity contribution in [1.29, 1.82) is 0 Å². The van der Waals surface area contributed by atoms with Crippen LogP contribution in [0.3, 0.4) is 0 Å². The molecule has 3 rings (SSSR count). The minimum atomic E-state index is -0.303. The van der Waals surface area contributed by atoms with Crippen molar-refractivity contribution in [2.45, 2.75) is 19.7 Å². The Hall–Kier alpha value is -3.25. The number of Topliss-reactive ketones (excluding diaryl/α,β-unsaturated/α-hetero) is 1. The number of carbonyl (C=O) groups is 1. The van der Waals surface area contributed by atoms with E-state index in [0.29, 0.717) is 24.6 Å². The van der Waals surface area contributed by atoms with E-state index >= 15 is 0 Å². The van der Waals surface area contributed by atoms with Crippen LogP contribution in [0.25, 0.3) is 0 Å². The zero-order chi connectivity index (χ0) is 18.4. The summed E-state index contributed by atoms with van der Waals surface area (Å²) in [5.74, 6) is 0.224. The zero-order valence-corrected chi connectivity index (χ0v) is 14.2. The molecular formula is C20H19N3O3. The first-order chi connectivity index (χ1) is 12.7. The Morgan fingerprint density at radius 3 is 2.54 bits per heavy atom. The Morgan fingerprint density at radius 1 is 1.08 bits per heavy atom. The van der Waals surface area contributed by atoms with Gasteiger partial charge in [-0.25, -0.2) is 0 Å². The molecule has 0 fully saturated rings. The van der Waals surface area contributed by atoms with Crippen LogP contribution in [0.2, 0.25) is 0 Å². The van der Waals surface area contributed by atoms with Gasteiger partial charge < -0.3 is 15.0 Å². The van der Waals surface area contributed by atoms with Crippen LogP contribution in [-0.2, 0) is 19.7 Å². The number of benzene rings is 1. The van der Waals surface area contributed by atoms with Crippen molar-refractivity contribution in [3.8, 4) is 5.75 Å². The number of carbonyl (C=O) groups excluding carboxylic acids is 1. The normalized spacial score (nSPS) is 10.5. The summed E-state index contributed by atoms with van der Waals surface area (Å²) in [4.78, 5) is 28.6. The Morgan fingerprint density at radius 2 is 1.88 bits per heavy atom. The number of rotatable bonds is 7. The van der Waals surface area contributed by atoms with Gasteiger partial charge in [0.1, 0.15) is 18.1 Å². The van der Waals surface area contributed by atoms with Crippen molar-refractivity contribution in [2.24, 2.45) is 5.73 Å². The number of hydrogen-bond donors (Lipinski definition) is 1. The van der Waals surface area contributed by atoms with E-state index in [4.69, 9.17) is 10.5 Å². The molecule has 1 aromatic carbocycles. The SMILES string of the molecule is NCc1ccc(C(=O)Cn2ccc(OCc3ccccc3)cc2=O)nc1. The number of nitrogens with zero attached hydrogens (tertiary/aromatic N) is 2. The highest BCUT2D eigenvalue weighted by Crippen LogP contribution is 2.10. The van der Waals surface area contributed by atoms with Gasteiger partial charge in [0.15, 0.2) is 0 Å². The molecule has 26 heavy (non-hydrogen) atoms. The van der Waals surface area contributed by atoms with Gasteiger partial charge in [0, 0.05) is 25.0 Å². The Balaban J connectivity index is 1.65. The van der Waals surface area contributed by atoms with Crippen LogP contribution in [-0.4, -0.2) is 15.3 Å². The Bertz CT molecular complexity index is 935. The Kier molecular flexibility index (Phi) is 5.56. The van der Waals surface area contributed by atoms with Crippen molar-refractivity contribution in [3.63, 3.8) is 0 Å². The first-order valence-electron chi connectivity index (χ1n) is 8.21. The summed E-state index contributed by atoms with van der Waals surface area (Å²) >= 11 is 0. The van der Waals surface area contributed by atoms with Crippen molar-refractivity contribution >= 4 is 5.78 Å². The molecule has 0 aliphatic heterocycles. The summed E-state index contributed by atoms with van der Waals surface area (Å²) in [6.07, 6.45) is 3.12. The van der Waals surface area contributed by atoms with Gasteiger partial charge in [-0.05, 0) is 23.3 Å². The van der Waals surface area contributed by atoms with Gasteiger partial charge in [0.25, 0.3) is 5.56 Å². The molecule has 0 unspecified atom stereocenters. The van der Waals surface area contributed by atoms with E-state index in [-0.39, 0.29) is 17.9 Å². The van der Waals surface area contributed by atoms with E-state index in [0.717, 1.165) is 11.1 Å². The predicted octanol–water partition coefficient (Wildman–Crippen LogP) is 2.16. The van der Waals surface area contributed by atoms with E-state index < -0.39 is 0 Å². The van der Waals surface area contributed by atoms with E-state index in [2.05, 4.69) is 4.98 Å². The monoisotopic (exact) mass is 349 g/mol. The molecular weight excluding hydrogens is 330 g/mol. The van der Waals surface area contributed by atoms with Crippen LogP contribution < -0.4 is 16.0 Å². The van der Waals surface area contributed by atoms with Crippen molar-refractivity contribution in [1.82, 2.24) is 9.55 Å². The summed E-state index contributed by atoms with van der Waals surface area (Å²) in [7, 11) is 0. The van der Waals surface area contributed by atoms with Crippen LogP contribution >= 0.6 is 0 Å². The number of nitrogens with two attached hydrogens (primary N) is 1. The topological polar surface area (TPSA) is 87.2 Å². The van der Waals surface area contributed by atoms with Gasteiger partial charge in [-0.2, -0.15) is 0 Å². The predicted molar refractivity (Wildman–Crippen MR) is 97.9 cm³/mol. The molecule has 0 saturated heterocycles. The molecule has 0 bridgehead atoms. The van der Waals surface area contributed by atoms with Gasteiger partial charge in [0.05, 0.1) is 6.54 Å². The molecule has 0 aliphatic carbocycles. The number of pyridine rings is 2. The van der Waals surface area contributed by atoms with Gasteiger partial charge in [-0.3, -0.25) is 14.6 Å². The molecule has 0 aliphatic rings. The maximum atomic E-state index is 12.3. The quantitative estimate of drug-likeness (QED) is 0.661. The third-order valence-corrected chi connectivity index (χ3v) is 3.88. The summed E-state index contributed by atoms with van der Waals surface area (Å²) < 4.78 is 6.95. The lowest BCUT2D eigenvalue weighted by molar-refractivity contribution is 0.0966. The molecule has 0 radical (unpaired) electrons. The van der Waals surface area contributed by atoms with Gasteiger partial charge in [-0.1, -0.05) is 36.4 Å². The van der Waals surface area contributed by atoms with Crippen molar-refractivity contribution in [2.75, 3.05) is 0 Å². The van der Waals surface area contributed by atoms with Gasteiger partial charge >= 0.3 is 0 Å². The first-order valence-corrected chi connectivity index (χ1v) is 8.21. The minimum Gasteiger partial charge on any atom is -0.489 e. The number of ketones is 1. The molecule has 0 saturated carbocycles. The van der Waals surface area contributed by atoms with E-state index in [1.807, 2.05) is 30.3 Å². The fourth-order valence-electron chi connectivity index (χ4n) is 2.40. The van der Waals surface area contributed by atoms with E-state index in [1.165, 1.54) is 10.6 Å². The Labute approximate surface area is 150 Å². The molecule has 3 aromatic rings. The van der Waals surface area contributed by atoms with Crippen LogP contribution in [0.15, 0.2) is 71.8 Å². The summed E-state index contributed by atoms with van der Waals surface area (Å²) in [6.45, 7) is 0.665. The van der Waals surface area contributed by atoms with Crippen LogP contribution in [0.5, 0.6) is 5.75 Å². The molecule has 0 atom stereocenters. The third kappa shape index (κ3) is 4.43. The number of aromatic nitrogens is 2. The minimum absolute atomic E-state index is 0.0766. The van der Waals surface area contributed by atoms with E-state index in [1.54, 1.807) is 30.6 Å². The average Bonchev–Trinajstić information content (AvgIpc) is 2.69. The van der Waals surface area contributed by atoms with E-state index in [9.17, 15) is 9.59 Å². The highest BCUT2D eigenvalue weighted by atomic mass is 16.5. The fourth-order valence-corrected chi connectivity index (χ4v) is 2.40.